The van der Waals surface area contributed by atoms with Crippen LogP contribution in [0.5, 0.6) is 0 Å². The minimum atomic E-state index is -1.91. The number of fused-ring (bicyclic) bond motifs is 2. The number of anilines is 2. The van der Waals surface area contributed by atoms with E-state index in [1.807, 2.05) is 0 Å². The van der Waals surface area contributed by atoms with Gasteiger partial charge in [0.1, 0.15) is 0 Å². The highest BCUT2D eigenvalue weighted by molar-refractivity contribution is 6.81. The predicted octanol–water partition coefficient (Wildman–Crippen LogP) is 9.64. The van der Waals surface area contributed by atoms with Gasteiger partial charge in [0.15, 0.2) is 0 Å². The van der Waals surface area contributed by atoms with E-state index in [0.717, 1.165) is 0 Å². The molecule has 2 aliphatic carbocycles. The third-order valence-corrected chi connectivity index (χ3v) is 13.9. The first-order valence-electron chi connectivity index (χ1n) is 14.8. The lowest BCUT2D eigenvalue weighted by atomic mass is 9.96. The first-order chi connectivity index (χ1) is 19.6. The summed E-state index contributed by atoms with van der Waals surface area (Å²) in [6.07, 6.45) is 4.98. The van der Waals surface area contributed by atoms with Crippen LogP contribution in [-0.4, -0.2) is 36.3 Å². The molecule has 0 radical (unpaired) electrons. The van der Waals surface area contributed by atoms with E-state index in [9.17, 15) is 0 Å². The molecular weight excluding hydrogens is 513 g/mol. The second-order valence-corrected chi connectivity index (χ2v) is 17.8. The van der Waals surface area contributed by atoms with Gasteiger partial charge in [0, 0.05) is 50.6 Å². The van der Waals surface area contributed by atoms with Crippen LogP contribution >= 0.6 is 0 Å². The molecule has 0 amide bonds. The maximum atomic E-state index is 2.62. The molecule has 0 fully saturated rings. The summed E-state index contributed by atoms with van der Waals surface area (Å²) in [5.41, 5.74) is 17.6. The quantitative estimate of drug-likeness (QED) is 0.219. The van der Waals surface area contributed by atoms with Crippen molar-refractivity contribution >= 4 is 31.6 Å². The molecular formula is C38H42N2Si. The Bertz CT molecular complexity index is 1550. The molecule has 0 spiro atoms. The molecule has 0 saturated heterocycles. The fourth-order valence-electron chi connectivity index (χ4n) is 7.63. The van der Waals surface area contributed by atoms with Crippen molar-refractivity contribution in [3.05, 3.63) is 118 Å². The average molecular weight is 555 g/mol. The van der Waals surface area contributed by atoms with Crippen LogP contribution in [0.3, 0.4) is 0 Å². The second-order valence-electron chi connectivity index (χ2n) is 13.0. The van der Waals surface area contributed by atoms with Crippen LogP contribution in [-0.2, 0) is 0 Å². The molecule has 3 heteroatoms. The third-order valence-electron chi connectivity index (χ3n) is 9.43. The molecule has 6 rings (SSSR count). The van der Waals surface area contributed by atoms with Gasteiger partial charge in [-0.3, -0.25) is 0 Å². The zero-order valence-electron chi connectivity index (χ0n) is 25.8. The summed E-state index contributed by atoms with van der Waals surface area (Å²) in [6.45, 7) is 9.99. The fourth-order valence-corrected chi connectivity index (χ4v) is 12.6. The molecule has 0 bridgehead atoms. The molecule has 0 aliphatic heterocycles. The number of hydrogen-bond acceptors (Lipinski definition) is 2. The Balaban J connectivity index is 1.39. The molecule has 0 heterocycles. The molecule has 2 unspecified atom stereocenters. The molecule has 0 N–H and O–H groups in total. The molecule has 0 saturated carbocycles. The van der Waals surface area contributed by atoms with Gasteiger partial charge in [-0.1, -0.05) is 97.1 Å². The van der Waals surface area contributed by atoms with Crippen molar-refractivity contribution < 1.29 is 0 Å². The minimum Gasteiger partial charge on any atom is -0.378 e. The van der Waals surface area contributed by atoms with Gasteiger partial charge in [-0.2, -0.15) is 0 Å². The van der Waals surface area contributed by atoms with Gasteiger partial charge in [-0.25, -0.2) is 0 Å². The van der Waals surface area contributed by atoms with Gasteiger partial charge in [0.2, 0.25) is 0 Å². The summed E-state index contributed by atoms with van der Waals surface area (Å²) < 4.78 is 0. The largest absolute Gasteiger partial charge is 0.378 e. The Labute approximate surface area is 247 Å². The third kappa shape index (κ3) is 4.57. The molecule has 208 valence electrons. The van der Waals surface area contributed by atoms with Crippen LogP contribution in [0.2, 0.25) is 13.1 Å². The van der Waals surface area contributed by atoms with E-state index in [-0.39, 0.29) is 0 Å². The molecule has 2 aliphatic rings. The first kappa shape index (κ1) is 27.4. The van der Waals surface area contributed by atoms with E-state index >= 15 is 0 Å². The maximum Gasteiger partial charge on any atom is 0.0722 e. The first-order valence-corrected chi connectivity index (χ1v) is 17.9. The molecule has 4 aromatic carbocycles. The standard InChI is InChI=1S/C38H42N2Si/c1-25-23-35-31(27-15-19-29(20-16-27)39(3)4)11-9-13-33(35)37(25)41(7,8)38-26(2)24-36-32(12-10-14-34(36)38)28-17-21-30(22-18-28)40(5)6/h9-24,37-38H,1-8H3. The monoisotopic (exact) mass is 554 g/mol. The Morgan fingerprint density at radius 1 is 0.512 bits per heavy atom. The van der Waals surface area contributed by atoms with Crippen LogP contribution in [0.15, 0.2) is 96.1 Å². The van der Waals surface area contributed by atoms with Crippen molar-refractivity contribution in [3.8, 4) is 22.3 Å². The lowest BCUT2D eigenvalue weighted by molar-refractivity contribution is 0.968. The molecule has 2 atom stereocenters. The fraction of sp³-hybridized carbons (Fsp3) is 0.263. The van der Waals surface area contributed by atoms with Crippen molar-refractivity contribution in [2.24, 2.45) is 0 Å². The minimum absolute atomic E-state index is 0.487. The van der Waals surface area contributed by atoms with Gasteiger partial charge in [-0.15, -0.1) is 0 Å². The van der Waals surface area contributed by atoms with Crippen molar-refractivity contribution in [2.45, 2.75) is 38.0 Å². The van der Waals surface area contributed by atoms with E-state index in [2.05, 4.69) is 162 Å². The normalized spacial score (nSPS) is 17.6. The van der Waals surface area contributed by atoms with Crippen LogP contribution in [0, 0.1) is 0 Å². The topological polar surface area (TPSA) is 6.48 Å². The molecule has 2 nitrogen and oxygen atoms in total. The van der Waals surface area contributed by atoms with Crippen LogP contribution in [0.25, 0.3) is 34.4 Å². The van der Waals surface area contributed by atoms with Gasteiger partial charge < -0.3 is 9.80 Å². The van der Waals surface area contributed by atoms with Crippen molar-refractivity contribution in [3.63, 3.8) is 0 Å². The number of rotatable bonds is 6. The maximum absolute atomic E-state index is 2.62. The Morgan fingerprint density at radius 2 is 0.878 bits per heavy atom. The van der Waals surface area contributed by atoms with E-state index in [1.54, 1.807) is 0 Å². The highest BCUT2D eigenvalue weighted by Crippen LogP contribution is 2.54. The van der Waals surface area contributed by atoms with Gasteiger partial charge in [-0.05, 0) is 82.6 Å². The molecule has 41 heavy (non-hydrogen) atoms. The summed E-state index contributed by atoms with van der Waals surface area (Å²) in [5.74, 6) is 0. The van der Waals surface area contributed by atoms with Gasteiger partial charge >= 0.3 is 0 Å². The van der Waals surface area contributed by atoms with Crippen LogP contribution in [0.4, 0.5) is 11.4 Å². The zero-order chi connectivity index (χ0) is 29.1. The lowest BCUT2D eigenvalue weighted by Crippen LogP contribution is -2.42. The van der Waals surface area contributed by atoms with E-state index < -0.39 is 8.07 Å². The Morgan fingerprint density at radius 3 is 1.22 bits per heavy atom. The highest BCUT2D eigenvalue weighted by atomic mass is 28.3. The van der Waals surface area contributed by atoms with Crippen molar-refractivity contribution in [2.75, 3.05) is 38.0 Å². The highest BCUT2D eigenvalue weighted by Gasteiger charge is 2.47. The average Bonchev–Trinajstić information content (AvgIpc) is 3.49. The summed E-state index contributed by atoms with van der Waals surface area (Å²) in [5, 5.41) is 0. The molecule has 0 aromatic heterocycles. The summed E-state index contributed by atoms with van der Waals surface area (Å²) in [6, 6.07) is 32.0. The lowest BCUT2D eigenvalue weighted by Gasteiger charge is -2.39. The number of benzene rings is 4. The van der Waals surface area contributed by atoms with Gasteiger partial charge in [0.25, 0.3) is 0 Å². The second kappa shape index (κ2) is 10.2. The Hall–Kier alpha value is -3.82. The number of allylic oxidation sites excluding steroid dienone is 2. The smallest absolute Gasteiger partial charge is 0.0722 e. The summed E-state index contributed by atoms with van der Waals surface area (Å²) in [7, 11) is 6.48. The number of nitrogens with zero attached hydrogens (tertiary/aromatic N) is 2. The van der Waals surface area contributed by atoms with Crippen LogP contribution in [0.1, 0.15) is 47.2 Å². The van der Waals surface area contributed by atoms with E-state index in [1.165, 1.54) is 67.0 Å². The van der Waals surface area contributed by atoms with E-state index in [0.29, 0.717) is 11.1 Å². The van der Waals surface area contributed by atoms with Crippen molar-refractivity contribution in [1.29, 1.82) is 0 Å². The van der Waals surface area contributed by atoms with Gasteiger partial charge in [0.05, 0.1) is 8.07 Å². The zero-order valence-corrected chi connectivity index (χ0v) is 26.8. The Kier molecular flexibility index (Phi) is 6.82. The summed E-state index contributed by atoms with van der Waals surface area (Å²) >= 11 is 0. The predicted molar refractivity (Wildman–Crippen MR) is 183 cm³/mol. The van der Waals surface area contributed by atoms with Crippen molar-refractivity contribution in [1.82, 2.24) is 0 Å². The molecule has 4 aromatic rings. The SMILES string of the molecule is CC1=Cc2c(-c3ccc(N(C)C)cc3)cccc2C1[Si](C)(C)C1C(C)=Cc2c(-c3ccc(N(C)C)cc3)cccc21. The van der Waals surface area contributed by atoms with Crippen LogP contribution < -0.4 is 9.80 Å². The number of hydrogen-bond donors (Lipinski definition) is 0. The summed E-state index contributed by atoms with van der Waals surface area (Å²) in [4.78, 5) is 4.32. The van der Waals surface area contributed by atoms with E-state index in [4.69, 9.17) is 0 Å².